The minimum atomic E-state index is -1.10. The number of methoxy groups -OCH3 is 1. The van der Waals surface area contributed by atoms with E-state index in [2.05, 4.69) is 5.32 Å². The van der Waals surface area contributed by atoms with Crippen molar-refractivity contribution in [3.63, 3.8) is 0 Å². The smallest absolute Gasteiger partial charge is 0.334 e. The summed E-state index contributed by atoms with van der Waals surface area (Å²) in [6.45, 7) is 2.44. The number of aliphatic carboxylic acids is 1. The standard InChI is InChI=1S/C14H19NO5/c1-3-20-11-6-4-10(5-7-11)8-13(16)15-9-12(19-2)14(17)18/h4-7,12H,3,8-9H2,1-2H3,(H,15,16)(H,17,18). The number of amides is 1. The number of hydrogen-bond acceptors (Lipinski definition) is 4. The minimum absolute atomic E-state index is 0.0539. The highest BCUT2D eigenvalue weighted by Gasteiger charge is 2.17. The second kappa shape index (κ2) is 8.16. The van der Waals surface area contributed by atoms with Gasteiger partial charge >= 0.3 is 5.97 Å². The van der Waals surface area contributed by atoms with Gasteiger partial charge in [-0.1, -0.05) is 12.1 Å². The molecule has 0 aliphatic rings. The Kier molecular flexibility index (Phi) is 6.52. The van der Waals surface area contributed by atoms with Crippen molar-refractivity contribution in [3.05, 3.63) is 29.8 Å². The Labute approximate surface area is 117 Å². The third kappa shape index (κ3) is 5.27. The van der Waals surface area contributed by atoms with Crippen LogP contribution >= 0.6 is 0 Å². The third-order valence-electron chi connectivity index (χ3n) is 2.64. The van der Waals surface area contributed by atoms with Crippen molar-refractivity contribution in [3.8, 4) is 5.75 Å². The van der Waals surface area contributed by atoms with E-state index < -0.39 is 12.1 Å². The molecule has 1 amide bonds. The molecule has 20 heavy (non-hydrogen) atoms. The van der Waals surface area contributed by atoms with Crippen LogP contribution in [0.4, 0.5) is 0 Å². The number of rotatable bonds is 8. The average Bonchev–Trinajstić information content (AvgIpc) is 2.41. The minimum Gasteiger partial charge on any atom is -0.494 e. The summed E-state index contributed by atoms with van der Waals surface area (Å²) >= 11 is 0. The highest BCUT2D eigenvalue weighted by molar-refractivity contribution is 5.80. The van der Waals surface area contributed by atoms with Crippen LogP contribution in [0.2, 0.25) is 0 Å². The van der Waals surface area contributed by atoms with Crippen molar-refractivity contribution >= 4 is 11.9 Å². The van der Waals surface area contributed by atoms with E-state index in [1.807, 2.05) is 6.92 Å². The number of benzene rings is 1. The van der Waals surface area contributed by atoms with Crippen molar-refractivity contribution in [1.82, 2.24) is 5.32 Å². The van der Waals surface area contributed by atoms with Crippen LogP contribution in [0.5, 0.6) is 5.75 Å². The van der Waals surface area contributed by atoms with Crippen LogP contribution < -0.4 is 10.1 Å². The van der Waals surface area contributed by atoms with Gasteiger partial charge in [-0.2, -0.15) is 0 Å². The summed E-state index contributed by atoms with van der Waals surface area (Å²) < 4.78 is 10.0. The first-order valence-corrected chi connectivity index (χ1v) is 6.30. The predicted molar refractivity (Wildman–Crippen MR) is 72.8 cm³/mol. The molecule has 0 bridgehead atoms. The Hall–Kier alpha value is -2.08. The van der Waals surface area contributed by atoms with Gasteiger partial charge in [0.1, 0.15) is 5.75 Å². The SMILES string of the molecule is CCOc1ccc(CC(=O)NCC(OC)C(=O)O)cc1. The van der Waals surface area contributed by atoms with Gasteiger partial charge in [0.2, 0.25) is 5.91 Å². The molecule has 0 aromatic heterocycles. The highest BCUT2D eigenvalue weighted by atomic mass is 16.5. The lowest BCUT2D eigenvalue weighted by Gasteiger charge is -2.11. The van der Waals surface area contributed by atoms with Crippen molar-refractivity contribution in [2.24, 2.45) is 0 Å². The second-order valence-electron chi connectivity index (χ2n) is 4.12. The lowest BCUT2D eigenvalue weighted by molar-refractivity contribution is -0.148. The van der Waals surface area contributed by atoms with E-state index in [1.54, 1.807) is 24.3 Å². The molecule has 0 saturated heterocycles. The molecule has 6 nitrogen and oxygen atoms in total. The molecule has 1 aromatic rings. The molecule has 0 fully saturated rings. The lowest BCUT2D eigenvalue weighted by Crippen LogP contribution is -2.38. The summed E-state index contributed by atoms with van der Waals surface area (Å²) in [6, 6.07) is 7.19. The van der Waals surface area contributed by atoms with E-state index in [1.165, 1.54) is 7.11 Å². The summed E-state index contributed by atoms with van der Waals surface area (Å²) in [4.78, 5) is 22.4. The van der Waals surface area contributed by atoms with Crippen molar-refractivity contribution < 1.29 is 24.2 Å². The van der Waals surface area contributed by atoms with E-state index in [4.69, 9.17) is 14.6 Å². The Morgan fingerprint density at radius 3 is 2.45 bits per heavy atom. The molecule has 110 valence electrons. The van der Waals surface area contributed by atoms with Crippen LogP contribution in [0.3, 0.4) is 0 Å². The van der Waals surface area contributed by atoms with Gasteiger partial charge in [0.25, 0.3) is 0 Å². The van der Waals surface area contributed by atoms with Crippen molar-refractivity contribution in [2.45, 2.75) is 19.4 Å². The van der Waals surface area contributed by atoms with Gasteiger partial charge in [-0.15, -0.1) is 0 Å². The van der Waals surface area contributed by atoms with E-state index in [9.17, 15) is 9.59 Å². The fourth-order valence-electron chi connectivity index (χ4n) is 1.60. The molecule has 1 rings (SSSR count). The quantitative estimate of drug-likeness (QED) is 0.737. The molecule has 0 aliphatic carbocycles. The molecule has 1 aromatic carbocycles. The normalized spacial score (nSPS) is 11.7. The Morgan fingerprint density at radius 1 is 1.30 bits per heavy atom. The maximum absolute atomic E-state index is 11.7. The maximum atomic E-state index is 11.7. The predicted octanol–water partition coefficient (Wildman–Crippen LogP) is 0.844. The Bertz CT molecular complexity index is 443. The van der Waals surface area contributed by atoms with Gasteiger partial charge in [0.15, 0.2) is 6.10 Å². The molecule has 1 atom stereocenters. The average molecular weight is 281 g/mol. The molecule has 0 aliphatic heterocycles. The summed E-state index contributed by atoms with van der Waals surface area (Å²) in [5.41, 5.74) is 0.829. The molecule has 6 heteroatoms. The lowest BCUT2D eigenvalue weighted by atomic mass is 10.1. The van der Waals surface area contributed by atoms with Gasteiger partial charge in [0, 0.05) is 7.11 Å². The van der Waals surface area contributed by atoms with E-state index in [-0.39, 0.29) is 18.9 Å². The summed E-state index contributed by atoms with van der Waals surface area (Å²) in [7, 11) is 1.29. The first-order valence-electron chi connectivity index (χ1n) is 6.30. The van der Waals surface area contributed by atoms with E-state index >= 15 is 0 Å². The first-order chi connectivity index (χ1) is 9.56. The van der Waals surface area contributed by atoms with Gasteiger partial charge < -0.3 is 19.9 Å². The maximum Gasteiger partial charge on any atom is 0.334 e. The van der Waals surface area contributed by atoms with Crippen LogP contribution in [-0.2, 0) is 20.7 Å². The number of carboxylic acids is 1. The van der Waals surface area contributed by atoms with Gasteiger partial charge in [-0.05, 0) is 24.6 Å². The number of carboxylic acid groups (broad SMARTS) is 1. The van der Waals surface area contributed by atoms with Gasteiger partial charge in [0.05, 0.1) is 19.6 Å². The Balaban J connectivity index is 2.43. The topological polar surface area (TPSA) is 84.9 Å². The zero-order valence-corrected chi connectivity index (χ0v) is 11.6. The van der Waals surface area contributed by atoms with Gasteiger partial charge in [-0.25, -0.2) is 4.79 Å². The zero-order chi connectivity index (χ0) is 15.0. The van der Waals surface area contributed by atoms with Crippen LogP contribution in [-0.4, -0.2) is 43.3 Å². The summed E-state index contributed by atoms with van der Waals surface area (Å²) in [5.74, 6) is -0.603. The van der Waals surface area contributed by atoms with Crippen LogP contribution in [0.15, 0.2) is 24.3 Å². The van der Waals surface area contributed by atoms with Crippen LogP contribution in [0.1, 0.15) is 12.5 Å². The highest BCUT2D eigenvalue weighted by Crippen LogP contribution is 2.12. The molecule has 1 unspecified atom stereocenters. The largest absolute Gasteiger partial charge is 0.494 e. The van der Waals surface area contributed by atoms with Crippen LogP contribution in [0, 0.1) is 0 Å². The first kappa shape index (κ1) is 16.0. The number of carbonyl (C=O) groups excluding carboxylic acids is 1. The monoisotopic (exact) mass is 281 g/mol. The molecule has 0 spiro atoms. The molecular weight excluding hydrogens is 262 g/mol. The number of ether oxygens (including phenoxy) is 2. The Morgan fingerprint density at radius 2 is 1.95 bits per heavy atom. The zero-order valence-electron chi connectivity index (χ0n) is 11.6. The van der Waals surface area contributed by atoms with Gasteiger partial charge in [-0.3, -0.25) is 4.79 Å². The number of carbonyl (C=O) groups is 2. The second-order valence-corrected chi connectivity index (χ2v) is 4.12. The van der Waals surface area contributed by atoms with E-state index in [0.29, 0.717) is 6.61 Å². The molecule has 0 saturated carbocycles. The fraction of sp³-hybridized carbons (Fsp3) is 0.429. The summed E-state index contributed by atoms with van der Waals surface area (Å²) in [6.07, 6.45) is -0.845. The van der Waals surface area contributed by atoms with Crippen molar-refractivity contribution in [1.29, 1.82) is 0 Å². The summed E-state index contributed by atoms with van der Waals surface area (Å²) in [5, 5.41) is 11.3. The molecule has 0 radical (unpaired) electrons. The van der Waals surface area contributed by atoms with E-state index in [0.717, 1.165) is 11.3 Å². The molecule has 2 N–H and O–H groups in total. The number of nitrogens with one attached hydrogen (secondary N) is 1. The number of hydrogen-bond donors (Lipinski definition) is 2. The molecular formula is C14H19NO5. The van der Waals surface area contributed by atoms with Crippen LogP contribution in [0.25, 0.3) is 0 Å². The van der Waals surface area contributed by atoms with Crippen molar-refractivity contribution in [2.75, 3.05) is 20.3 Å². The molecule has 0 heterocycles. The third-order valence-corrected chi connectivity index (χ3v) is 2.64. The fourth-order valence-corrected chi connectivity index (χ4v) is 1.60.